The molecular formula is C22H30N6O3. The zero-order valence-corrected chi connectivity index (χ0v) is 19.0. The molecule has 0 unspecified atom stereocenters. The molecule has 0 saturated heterocycles. The van der Waals surface area contributed by atoms with Crippen LogP contribution in [0.2, 0.25) is 0 Å². The Morgan fingerprint density at radius 3 is 2.48 bits per heavy atom. The van der Waals surface area contributed by atoms with Crippen LogP contribution < -0.4 is 4.74 Å². The molecule has 0 aromatic carbocycles. The van der Waals surface area contributed by atoms with Crippen LogP contribution >= 0.6 is 0 Å². The van der Waals surface area contributed by atoms with Gasteiger partial charge in [0.25, 0.3) is 5.95 Å². The summed E-state index contributed by atoms with van der Waals surface area (Å²) in [5, 5.41) is 8.90. The van der Waals surface area contributed by atoms with Crippen molar-refractivity contribution in [3.05, 3.63) is 24.2 Å². The second-order valence-corrected chi connectivity index (χ2v) is 9.82. The highest BCUT2D eigenvalue weighted by atomic mass is 16.5. The van der Waals surface area contributed by atoms with Gasteiger partial charge >= 0.3 is 5.97 Å². The first kappa shape index (κ1) is 21.3. The van der Waals surface area contributed by atoms with Gasteiger partial charge < -0.3 is 9.47 Å². The van der Waals surface area contributed by atoms with E-state index in [1.165, 1.54) is 17.3 Å². The summed E-state index contributed by atoms with van der Waals surface area (Å²) in [4.78, 5) is 21.2. The van der Waals surface area contributed by atoms with Crippen LogP contribution in [0.15, 0.2) is 18.6 Å². The van der Waals surface area contributed by atoms with Gasteiger partial charge in [0.15, 0.2) is 0 Å². The number of fused-ring (bicyclic) bond motifs is 1. The third-order valence-corrected chi connectivity index (χ3v) is 5.77. The van der Waals surface area contributed by atoms with Crippen LogP contribution in [0.1, 0.15) is 70.3 Å². The van der Waals surface area contributed by atoms with E-state index in [4.69, 9.17) is 9.47 Å². The van der Waals surface area contributed by atoms with Gasteiger partial charge in [0.1, 0.15) is 11.0 Å². The molecule has 3 aromatic heterocycles. The predicted molar refractivity (Wildman–Crippen MR) is 115 cm³/mol. The van der Waals surface area contributed by atoms with Gasteiger partial charge in [-0.15, -0.1) is 0 Å². The number of aromatic nitrogens is 6. The molecule has 9 heteroatoms. The second-order valence-electron chi connectivity index (χ2n) is 9.82. The Kier molecular flexibility index (Phi) is 5.23. The average molecular weight is 427 g/mol. The molecule has 1 aliphatic rings. The highest BCUT2D eigenvalue weighted by Crippen LogP contribution is 2.50. The van der Waals surface area contributed by atoms with Gasteiger partial charge in [-0.2, -0.15) is 15.2 Å². The lowest BCUT2D eigenvalue weighted by molar-refractivity contribution is 0.0526. The quantitative estimate of drug-likeness (QED) is 0.569. The highest BCUT2D eigenvalue weighted by Gasteiger charge is 2.40. The molecule has 0 bridgehead atoms. The summed E-state index contributed by atoms with van der Waals surface area (Å²) in [7, 11) is 1.59. The minimum absolute atomic E-state index is 0.220. The average Bonchev–Trinajstić information content (AvgIpc) is 3.32. The van der Waals surface area contributed by atoms with Crippen LogP contribution in [-0.4, -0.2) is 49.2 Å². The number of carbonyl (C=O) groups excluding carboxylic acids is 1. The summed E-state index contributed by atoms with van der Waals surface area (Å²) in [6.07, 6.45) is 7.96. The molecular weight excluding hydrogens is 396 g/mol. The van der Waals surface area contributed by atoms with Crippen LogP contribution in [0.25, 0.3) is 17.0 Å². The molecule has 31 heavy (non-hydrogen) atoms. The third kappa shape index (κ3) is 4.13. The van der Waals surface area contributed by atoms with Crippen LogP contribution in [0.4, 0.5) is 0 Å². The maximum absolute atomic E-state index is 12.0. The predicted octanol–water partition coefficient (Wildman–Crippen LogP) is 3.97. The fraction of sp³-hybridized carbons (Fsp3) is 0.591. The lowest BCUT2D eigenvalue weighted by Gasteiger charge is -2.45. The Morgan fingerprint density at radius 1 is 1.13 bits per heavy atom. The van der Waals surface area contributed by atoms with Gasteiger partial charge in [-0.3, -0.25) is 4.68 Å². The Balaban J connectivity index is 1.74. The normalized spacial score (nSPS) is 18.3. The van der Waals surface area contributed by atoms with Crippen LogP contribution in [0.3, 0.4) is 0 Å². The fourth-order valence-corrected chi connectivity index (χ4v) is 5.15. The first-order chi connectivity index (χ1) is 14.6. The molecule has 9 nitrogen and oxygen atoms in total. The van der Waals surface area contributed by atoms with Crippen LogP contribution in [0, 0.1) is 10.8 Å². The summed E-state index contributed by atoms with van der Waals surface area (Å²) in [6, 6.07) is 0.236. The highest BCUT2D eigenvalue weighted by molar-refractivity contribution is 5.88. The summed E-state index contributed by atoms with van der Waals surface area (Å²) >= 11 is 0. The van der Waals surface area contributed by atoms with E-state index in [1.807, 2.05) is 4.68 Å². The number of hydrogen-bond donors (Lipinski definition) is 0. The Bertz CT molecular complexity index is 1100. The van der Waals surface area contributed by atoms with Crippen molar-refractivity contribution in [3.63, 3.8) is 0 Å². The number of esters is 1. The number of carbonyl (C=O) groups is 1. The summed E-state index contributed by atoms with van der Waals surface area (Å²) in [5.41, 5.74) is 2.24. The molecule has 1 aliphatic carbocycles. The van der Waals surface area contributed by atoms with Crippen molar-refractivity contribution >= 4 is 17.0 Å². The van der Waals surface area contributed by atoms with E-state index in [0.717, 1.165) is 18.4 Å². The van der Waals surface area contributed by atoms with E-state index in [0.29, 0.717) is 29.5 Å². The summed E-state index contributed by atoms with van der Waals surface area (Å²) in [6.45, 7) is 11.3. The fourth-order valence-electron chi connectivity index (χ4n) is 5.15. The maximum Gasteiger partial charge on any atom is 0.341 e. The van der Waals surface area contributed by atoms with Crippen LogP contribution in [0.5, 0.6) is 5.88 Å². The van der Waals surface area contributed by atoms with Gasteiger partial charge in [0, 0.05) is 6.20 Å². The second kappa shape index (κ2) is 7.62. The van der Waals surface area contributed by atoms with Gasteiger partial charge in [-0.25, -0.2) is 14.5 Å². The van der Waals surface area contributed by atoms with E-state index < -0.39 is 5.97 Å². The van der Waals surface area contributed by atoms with Crippen molar-refractivity contribution in [2.75, 3.05) is 13.7 Å². The van der Waals surface area contributed by atoms with Gasteiger partial charge in [-0.1, -0.05) is 27.7 Å². The Hall–Kier alpha value is -2.97. The number of ether oxygens (including phenoxy) is 2. The largest absolute Gasteiger partial charge is 0.479 e. The van der Waals surface area contributed by atoms with Gasteiger partial charge in [-0.05, 0) is 37.0 Å². The minimum atomic E-state index is -0.433. The molecule has 0 atom stereocenters. The van der Waals surface area contributed by atoms with Crippen molar-refractivity contribution < 1.29 is 14.3 Å². The zero-order valence-electron chi connectivity index (χ0n) is 19.0. The number of nitrogens with zero attached hydrogens (tertiary/aromatic N) is 6. The van der Waals surface area contributed by atoms with Crippen molar-refractivity contribution in [1.29, 1.82) is 0 Å². The van der Waals surface area contributed by atoms with Crippen LogP contribution in [-0.2, 0) is 4.74 Å². The smallest absolute Gasteiger partial charge is 0.341 e. The molecule has 4 rings (SSSR count). The van der Waals surface area contributed by atoms with Gasteiger partial charge in [0.2, 0.25) is 5.88 Å². The maximum atomic E-state index is 12.0. The Labute approximate surface area is 181 Å². The minimum Gasteiger partial charge on any atom is -0.479 e. The van der Waals surface area contributed by atoms with Crippen molar-refractivity contribution in [3.8, 4) is 11.8 Å². The molecule has 0 radical (unpaired) electrons. The molecule has 3 heterocycles. The zero-order chi connectivity index (χ0) is 22.4. The number of rotatable bonds is 5. The molecule has 0 N–H and O–H groups in total. The SMILES string of the molecule is CCOC(=O)c1cnn(-c2nc(OC)c3c(cnn3C3CC(C)(C)CC(C)(C)C3)n2)c1. The first-order valence-corrected chi connectivity index (χ1v) is 10.6. The van der Waals surface area contributed by atoms with E-state index in [2.05, 4.69) is 47.9 Å². The molecule has 1 fully saturated rings. The molecule has 3 aromatic rings. The molecule has 0 aliphatic heterocycles. The van der Waals surface area contributed by atoms with Crippen molar-refractivity contribution in [1.82, 2.24) is 29.5 Å². The first-order valence-electron chi connectivity index (χ1n) is 10.6. The number of hydrogen-bond acceptors (Lipinski definition) is 7. The topological polar surface area (TPSA) is 97.0 Å². The van der Waals surface area contributed by atoms with E-state index in [1.54, 1.807) is 26.4 Å². The standard InChI is InChI=1S/C22H30N6O3/c1-7-31-19(29)14-10-23-27(12-14)20-25-16-11-24-28(17(16)18(26-20)30-6)15-8-21(2,3)13-22(4,5)9-15/h10-12,15H,7-9,13H2,1-6H3. The molecule has 0 spiro atoms. The summed E-state index contributed by atoms with van der Waals surface area (Å²) in [5.74, 6) is 0.313. The van der Waals surface area contributed by atoms with E-state index >= 15 is 0 Å². The summed E-state index contributed by atoms with van der Waals surface area (Å²) < 4.78 is 14.1. The molecule has 1 saturated carbocycles. The van der Waals surface area contributed by atoms with E-state index in [9.17, 15) is 4.79 Å². The molecule has 166 valence electrons. The van der Waals surface area contributed by atoms with E-state index in [-0.39, 0.29) is 16.9 Å². The Morgan fingerprint density at radius 2 is 1.84 bits per heavy atom. The molecule has 0 amide bonds. The lowest BCUT2D eigenvalue weighted by atomic mass is 9.63. The lowest BCUT2D eigenvalue weighted by Crippen LogP contribution is -2.35. The van der Waals surface area contributed by atoms with Crippen molar-refractivity contribution in [2.24, 2.45) is 10.8 Å². The third-order valence-electron chi connectivity index (χ3n) is 5.77. The number of methoxy groups -OCH3 is 1. The monoisotopic (exact) mass is 426 g/mol. The van der Waals surface area contributed by atoms with Gasteiger partial charge in [0.05, 0.1) is 37.7 Å². The van der Waals surface area contributed by atoms with Crippen molar-refractivity contribution in [2.45, 2.75) is 59.9 Å².